The second kappa shape index (κ2) is 4.14. The van der Waals surface area contributed by atoms with Crippen molar-refractivity contribution in [2.75, 3.05) is 0 Å². The SMILES string of the molecule is C=CCn1nc(-c2ccc(F)cc2)oc1=O. The van der Waals surface area contributed by atoms with Gasteiger partial charge in [0.1, 0.15) is 5.82 Å². The molecule has 0 saturated carbocycles. The van der Waals surface area contributed by atoms with Crippen molar-refractivity contribution < 1.29 is 8.81 Å². The normalized spacial score (nSPS) is 10.3. The molecule has 0 atom stereocenters. The Morgan fingerprint density at radius 3 is 2.75 bits per heavy atom. The van der Waals surface area contributed by atoms with Crippen molar-refractivity contribution in [1.82, 2.24) is 9.78 Å². The van der Waals surface area contributed by atoms with Crippen LogP contribution in [0.25, 0.3) is 11.5 Å². The lowest BCUT2D eigenvalue weighted by atomic mass is 10.2. The highest BCUT2D eigenvalue weighted by molar-refractivity contribution is 5.51. The van der Waals surface area contributed by atoms with Crippen molar-refractivity contribution in [2.24, 2.45) is 0 Å². The van der Waals surface area contributed by atoms with Gasteiger partial charge < -0.3 is 4.42 Å². The largest absolute Gasteiger partial charge is 0.437 e. The number of aromatic nitrogens is 2. The van der Waals surface area contributed by atoms with Crippen LogP contribution in [0, 0.1) is 5.82 Å². The molecule has 16 heavy (non-hydrogen) atoms. The molecule has 1 aromatic heterocycles. The molecule has 1 heterocycles. The monoisotopic (exact) mass is 220 g/mol. The van der Waals surface area contributed by atoms with E-state index >= 15 is 0 Å². The Morgan fingerprint density at radius 1 is 1.44 bits per heavy atom. The lowest BCUT2D eigenvalue weighted by molar-refractivity contribution is 0.497. The zero-order chi connectivity index (χ0) is 11.5. The van der Waals surface area contributed by atoms with Crippen molar-refractivity contribution in [3.63, 3.8) is 0 Å². The van der Waals surface area contributed by atoms with Gasteiger partial charge in [-0.25, -0.2) is 9.18 Å². The molecule has 0 N–H and O–H groups in total. The predicted molar refractivity (Wildman–Crippen MR) is 56.4 cm³/mol. The number of nitrogens with zero attached hydrogens (tertiary/aromatic N) is 2. The zero-order valence-corrected chi connectivity index (χ0v) is 8.39. The molecule has 0 fully saturated rings. The van der Waals surface area contributed by atoms with Crippen LogP contribution >= 0.6 is 0 Å². The molecule has 4 nitrogen and oxygen atoms in total. The smallest absolute Gasteiger partial charge is 0.388 e. The van der Waals surface area contributed by atoms with E-state index in [2.05, 4.69) is 11.7 Å². The summed E-state index contributed by atoms with van der Waals surface area (Å²) in [6, 6.07) is 5.56. The summed E-state index contributed by atoms with van der Waals surface area (Å²) in [5, 5.41) is 3.94. The van der Waals surface area contributed by atoms with Crippen LogP contribution in [0.5, 0.6) is 0 Å². The molecule has 0 unspecified atom stereocenters. The van der Waals surface area contributed by atoms with Crippen molar-refractivity contribution in [3.05, 3.63) is 53.3 Å². The minimum absolute atomic E-state index is 0.173. The third-order valence-corrected chi connectivity index (χ3v) is 2.00. The van der Waals surface area contributed by atoms with Crippen LogP contribution in [-0.4, -0.2) is 9.78 Å². The molecule has 0 spiro atoms. The number of hydrogen-bond acceptors (Lipinski definition) is 3. The van der Waals surface area contributed by atoms with Gasteiger partial charge in [-0.3, -0.25) is 0 Å². The van der Waals surface area contributed by atoms with Crippen molar-refractivity contribution in [1.29, 1.82) is 0 Å². The zero-order valence-electron chi connectivity index (χ0n) is 8.39. The van der Waals surface area contributed by atoms with E-state index in [4.69, 9.17) is 4.42 Å². The highest BCUT2D eigenvalue weighted by Crippen LogP contribution is 2.15. The quantitative estimate of drug-likeness (QED) is 0.741. The highest BCUT2D eigenvalue weighted by Gasteiger charge is 2.08. The third-order valence-electron chi connectivity index (χ3n) is 2.00. The molecule has 2 aromatic rings. The van der Waals surface area contributed by atoms with Crippen molar-refractivity contribution >= 4 is 0 Å². The summed E-state index contributed by atoms with van der Waals surface area (Å²) < 4.78 is 18.7. The van der Waals surface area contributed by atoms with Crippen LogP contribution in [-0.2, 0) is 6.54 Å². The van der Waals surface area contributed by atoms with E-state index in [0.717, 1.165) is 4.68 Å². The lowest BCUT2D eigenvalue weighted by Gasteiger charge is -1.93. The van der Waals surface area contributed by atoms with Gasteiger partial charge in [-0.2, -0.15) is 4.68 Å². The van der Waals surface area contributed by atoms with E-state index in [1.54, 1.807) is 6.08 Å². The first kappa shape index (κ1) is 10.4. The molecule has 5 heteroatoms. The van der Waals surface area contributed by atoms with Crippen molar-refractivity contribution in [3.8, 4) is 11.5 Å². The molecule has 0 aliphatic carbocycles. The summed E-state index contributed by atoms with van der Waals surface area (Å²) >= 11 is 0. The molecule has 0 aliphatic heterocycles. The Bertz CT molecular complexity index is 554. The highest BCUT2D eigenvalue weighted by atomic mass is 19.1. The van der Waals surface area contributed by atoms with E-state index in [0.29, 0.717) is 5.56 Å². The van der Waals surface area contributed by atoms with Crippen LogP contribution in [0.15, 0.2) is 46.1 Å². The number of allylic oxidation sites excluding steroid dienone is 1. The number of benzene rings is 1. The van der Waals surface area contributed by atoms with Gasteiger partial charge in [0.15, 0.2) is 0 Å². The first-order valence-electron chi connectivity index (χ1n) is 4.65. The van der Waals surface area contributed by atoms with Gasteiger partial charge in [0.25, 0.3) is 0 Å². The van der Waals surface area contributed by atoms with Crippen LogP contribution in [0.3, 0.4) is 0 Å². The van der Waals surface area contributed by atoms with Crippen molar-refractivity contribution in [2.45, 2.75) is 6.54 Å². The van der Waals surface area contributed by atoms with Gasteiger partial charge in [0.05, 0.1) is 6.54 Å². The second-order valence-corrected chi connectivity index (χ2v) is 3.15. The second-order valence-electron chi connectivity index (χ2n) is 3.15. The topological polar surface area (TPSA) is 48.0 Å². The Morgan fingerprint density at radius 2 is 2.12 bits per heavy atom. The third kappa shape index (κ3) is 1.93. The maximum Gasteiger partial charge on any atom is 0.437 e. The molecule has 2 rings (SSSR count). The lowest BCUT2D eigenvalue weighted by Crippen LogP contribution is -2.14. The molecule has 1 aromatic carbocycles. The summed E-state index contributed by atoms with van der Waals surface area (Å²) in [7, 11) is 0. The van der Waals surface area contributed by atoms with Gasteiger partial charge in [0, 0.05) is 5.56 Å². The Balaban J connectivity index is 2.41. The standard InChI is InChI=1S/C11H9FN2O2/c1-2-7-14-11(15)16-10(13-14)8-3-5-9(12)6-4-8/h2-6H,1,7H2. The fourth-order valence-electron chi connectivity index (χ4n) is 1.25. The van der Waals surface area contributed by atoms with E-state index in [9.17, 15) is 9.18 Å². The molecule has 0 saturated heterocycles. The van der Waals surface area contributed by atoms with Gasteiger partial charge in [-0.15, -0.1) is 11.7 Å². The van der Waals surface area contributed by atoms with Gasteiger partial charge in [-0.1, -0.05) is 6.08 Å². The molecule has 0 amide bonds. The van der Waals surface area contributed by atoms with Crippen LogP contribution in [0.1, 0.15) is 0 Å². The summed E-state index contributed by atoms with van der Waals surface area (Å²) in [5.41, 5.74) is 0.557. The van der Waals surface area contributed by atoms with Gasteiger partial charge in [0.2, 0.25) is 5.89 Å². The van der Waals surface area contributed by atoms with E-state index in [1.165, 1.54) is 24.3 Å². The molecular formula is C11H9FN2O2. The summed E-state index contributed by atoms with van der Waals surface area (Å²) in [4.78, 5) is 11.3. The van der Waals surface area contributed by atoms with Gasteiger partial charge in [-0.05, 0) is 24.3 Å². The number of rotatable bonds is 3. The van der Waals surface area contributed by atoms with Crippen LogP contribution in [0.2, 0.25) is 0 Å². The molecular weight excluding hydrogens is 211 g/mol. The predicted octanol–water partition coefficient (Wildman–Crippen LogP) is 1.83. The molecule has 82 valence electrons. The number of hydrogen-bond donors (Lipinski definition) is 0. The average molecular weight is 220 g/mol. The Hall–Kier alpha value is -2.17. The Labute approximate surface area is 90.6 Å². The first-order chi connectivity index (χ1) is 7.70. The summed E-state index contributed by atoms with van der Waals surface area (Å²) in [5.74, 6) is -0.734. The van der Waals surface area contributed by atoms with E-state index < -0.39 is 5.76 Å². The van der Waals surface area contributed by atoms with E-state index in [-0.39, 0.29) is 18.3 Å². The maximum atomic E-state index is 12.7. The molecule has 0 aliphatic rings. The van der Waals surface area contributed by atoms with Crippen LogP contribution in [0.4, 0.5) is 4.39 Å². The molecule has 0 radical (unpaired) electrons. The van der Waals surface area contributed by atoms with E-state index in [1.807, 2.05) is 0 Å². The maximum absolute atomic E-state index is 12.7. The minimum Gasteiger partial charge on any atom is -0.388 e. The van der Waals surface area contributed by atoms with Gasteiger partial charge >= 0.3 is 5.76 Å². The summed E-state index contributed by atoms with van der Waals surface area (Å²) in [6.45, 7) is 3.78. The fraction of sp³-hybridized carbons (Fsp3) is 0.0909. The molecule has 0 bridgehead atoms. The average Bonchev–Trinajstić information content (AvgIpc) is 2.62. The Kier molecular flexibility index (Phi) is 2.68. The minimum atomic E-state index is -0.556. The number of halogens is 1. The first-order valence-corrected chi connectivity index (χ1v) is 4.65. The summed E-state index contributed by atoms with van der Waals surface area (Å²) in [6.07, 6.45) is 1.54. The fourth-order valence-corrected chi connectivity index (χ4v) is 1.25. The van der Waals surface area contributed by atoms with Crippen LogP contribution < -0.4 is 5.76 Å².